The number of hydrogen-bond donors (Lipinski definition) is 1. The van der Waals surface area contributed by atoms with E-state index in [2.05, 4.69) is 44.0 Å². The molecule has 1 spiro atoms. The van der Waals surface area contributed by atoms with E-state index < -0.39 is 0 Å². The van der Waals surface area contributed by atoms with Crippen LogP contribution in [0.1, 0.15) is 53.4 Å². The SMILES string of the molecule is CC(C)=CCN1CC2(CCCC2)NCC1C(C)C. The monoisotopic (exact) mass is 250 g/mol. The van der Waals surface area contributed by atoms with E-state index in [9.17, 15) is 0 Å². The highest BCUT2D eigenvalue weighted by Gasteiger charge is 2.41. The Labute approximate surface area is 113 Å². The van der Waals surface area contributed by atoms with Crippen LogP contribution in [0.2, 0.25) is 0 Å². The fraction of sp³-hybridized carbons (Fsp3) is 0.875. The van der Waals surface area contributed by atoms with Crippen LogP contribution in [0.25, 0.3) is 0 Å². The summed E-state index contributed by atoms with van der Waals surface area (Å²) in [7, 11) is 0. The Kier molecular flexibility index (Phi) is 4.50. The summed E-state index contributed by atoms with van der Waals surface area (Å²) in [6, 6.07) is 0.701. The smallest absolute Gasteiger partial charge is 0.0309 e. The molecule has 104 valence electrons. The van der Waals surface area contributed by atoms with Gasteiger partial charge in [-0.2, -0.15) is 0 Å². The Morgan fingerprint density at radius 2 is 2.00 bits per heavy atom. The lowest BCUT2D eigenvalue weighted by molar-refractivity contribution is 0.0671. The number of nitrogens with zero attached hydrogens (tertiary/aromatic N) is 1. The second kappa shape index (κ2) is 5.75. The van der Waals surface area contributed by atoms with Gasteiger partial charge in [-0.3, -0.25) is 4.90 Å². The molecule has 18 heavy (non-hydrogen) atoms. The lowest BCUT2D eigenvalue weighted by Gasteiger charge is -2.47. The van der Waals surface area contributed by atoms with Crippen LogP contribution in [-0.2, 0) is 0 Å². The predicted octanol–water partition coefficient (Wildman–Crippen LogP) is 3.20. The van der Waals surface area contributed by atoms with Crippen LogP contribution in [0.15, 0.2) is 11.6 Å². The van der Waals surface area contributed by atoms with Crippen LogP contribution < -0.4 is 5.32 Å². The van der Waals surface area contributed by atoms with Crippen LogP contribution in [0.3, 0.4) is 0 Å². The molecule has 0 amide bonds. The Morgan fingerprint density at radius 3 is 2.56 bits per heavy atom. The Morgan fingerprint density at radius 1 is 1.33 bits per heavy atom. The molecule has 0 radical (unpaired) electrons. The lowest BCUT2D eigenvalue weighted by atomic mass is 9.89. The molecule has 1 N–H and O–H groups in total. The number of rotatable bonds is 3. The highest BCUT2D eigenvalue weighted by molar-refractivity contribution is 5.04. The largest absolute Gasteiger partial charge is 0.308 e. The van der Waals surface area contributed by atoms with Gasteiger partial charge in [0.05, 0.1) is 0 Å². The minimum Gasteiger partial charge on any atom is -0.308 e. The molecule has 0 bridgehead atoms. The first-order valence-corrected chi connectivity index (χ1v) is 7.65. The zero-order valence-electron chi connectivity index (χ0n) is 12.6. The van der Waals surface area contributed by atoms with E-state index in [0.717, 1.165) is 12.5 Å². The van der Waals surface area contributed by atoms with E-state index in [1.54, 1.807) is 0 Å². The number of nitrogens with one attached hydrogen (secondary N) is 1. The maximum atomic E-state index is 3.88. The lowest BCUT2D eigenvalue weighted by Crippen LogP contribution is -2.64. The van der Waals surface area contributed by atoms with Gasteiger partial charge in [-0.25, -0.2) is 0 Å². The fourth-order valence-corrected chi connectivity index (χ4v) is 3.56. The van der Waals surface area contributed by atoms with Crippen molar-refractivity contribution < 1.29 is 0 Å². The first-order valence-electron chi connectivity index (χ1n) is 7.65. The Bertz CT molecular complexity index is 296. The quantitative estimate of drug-likeness (QED) is 0.774. The molecular weight excluding hydrogens is 220 g/mol. The highest BCUT2D eigenvalue weighted by atomic mass is 15.3. The van der Waals surface area contributed by atoms with Gasteiger partial charge < -0.3 is 5.32 Å². The summed E-state index contributed by atoms with van der Waals surface area (Å²) in [5, 5.41) is 3.88. The van der Waals surface area contributed by atoms with E-state index >= 15 is 0 Å². The summed E-state index contributed by atoms with van der Waals surface area (Å²) < 4.78 is 0. The molecule has 1 saturated carbocycles. The number of piperazine rings is 1. The minimum absolute atomic E-state index is 0.445. The van der Waals surface area contributed by atoms with Gasteiger partial charge in [-0.1, -0.05) is 38.3 Å². The Balaban J connectivity index is 2.05. The summed E-state index contributed by atoms with van der Waals surface area (Å²) in [5.41, 5.74) is 1.89. The van der Waals surface area contributed by atoms with Crippen molar-refractivity contribution in [3.63, 3.8) is 0 Å². The van der Waals surface area contributed by atoms with Gasteiger partial charge in [0.2, 0.25) is 0 Å². The third-order valence-corrected chi connectivity index (χ3v) is 4.73. The summed E-state index contributed by atoms with van der Waals surface area (Å²) in [4.78, 5) is 2.72. The summed E-state index contributed by atoms with van der Waals surface area (Å²) in [5.74, 6) is 0.738. The van der Waals surface area contributed by atoms with Crippen molar-refractivity contribution in [3.05, 3.63) is 11.6 Å². The topological polar surface area (TPSA) is 15.3 Å². The van der Waals surface area contributed by atoms with Gasteiger partial charge in [0, 0.05) is 31.2 Å². The molecule has 1 aliphatic heterocycles. The van der Waals surface area contributed by atoms with Crippen molar-refractivity contribution in [2.75, 3.05) is 19.6 Å². The van der Waals surface area contributed by atoms with E-state index in [1.807, 2.05) is 0 Å². The summed E-state index contributed by atoms with van der Waals surface area (Å²) in [6.07, 6.45) is 7.97. The minimum atomic E-state index is 0.445. The van der Waals surface area contributed by atoms with Crippen molar-refractivity contribution in [3.8, 4) is 0 Å². The maximum Gasteiger partial charge on any atom is 0.0309 e. The third-order valence-electron chi connectivity index (χ3n) is 4.73. The van der Waals surface area contributed by atoms with Crippen molar-refractivity contribution in [2.24, 2.45) is 5.92 Å². The molecule has 1 atom stereocenters. The number of allylic oxidation sites excluding steroid dienone is 1. The molecule has 2 nitrogen and oxygen atoms in total. The van der Waals surface area contributed by atoms with Crippen molar-refractivity contribution in [1.82, 2.24) is 10.2 Å². The van der Waals surface area contributed by atoms with Crippen molar-refractivity contribution in [1.29, 1.82) is 0 Å². The molecule has 2 aliphatic rings. The van der Waals surface area contributed by atoms with Crippen molar-refractivity contribution >= 4 is 0 Å². The van der Waals surface area contributed by atoms with Crippen molar-refractivity contribution in [2.45, 2.75) is 65.0 Å². The van der Waals surface area contributed by atoms with E-state index in [0.29, 0.717) is 11.6 Å². The zero-order valence-corrected chi connectivity index (χ0v) is 12.6. The number of hydrogen-bond acceptors (Lipinski definition) is 2. The van der Waals surface area contributed by atoms with Gasteiger partial charge in [0.15, 0.2) is 0 Å². The van der Waals surface area contributed by atoms with E-state index in [1.165, 1.54) is 44.3 Å². The van der Waals surface area contributed by atoms with Crippen LogP contribution >= 0.6 is 0 Å². The summed E-state index contributed by atoms with van der Waals surface area (Å²) in [6.45, 7) is 12.7. The van der Waals surface area contributed by atoms with Crippen LogP contribution in [0, 0.1) is 5.92 Å². The molecule has 1 heterocycles. The second-order valence-corrected chi connectivity index (χ2v) is 6.89. The highest BCUT2D eigenvalue weighted by Crippen LogP contribution is 2.34. The molecular formula is C16H30N2. The van der Waals surface area contributed by atoms with Crippen LogP contribution in [0.4, 0.5) is 0 Å². The van der Waals surface area contributed by atoms with Gasteiger partial charge in [-0.05, 0) is 32.6 Å². The molecule has 0 aromatic carbocycles. The molecule has 2 rings (SSSR count). The average molecular weight is 250 g/mol. The maximum absolute atomic E-state index is 3.88. The van der Waals surface area contributed by atoms with E-state index in [-0.39, 0.29) is 0 Å². The third kappa shape index (κ3) is 3.16. The van der Waals surface area contributed by atoms with E-state index in [4.69, 9.17) is 0 Å². The molecule has 0 aromatic rings. The fourth-order valence-electron chi connectivity index (χ4n) is 3.56. The van der Waals surface area contributed by atoms with Crippen LogP contribution in [0.5, 0.6) is 0 Å². The van der Waals surface area contributed by atoms with Gasteiger partial charge in [0.25, 0.3) is 0 Å². The average Bonchev–Trinajstić information content (AvgIpc) is 2.74. The molecule has 2 fully saturated rings. The Hall–Kier alpha value is -0.340. The predicted molar refractivity (Wildman–Crippen MR) is 78.8 cm³/mol. The molecule has 1 unspecified atom stereocenters. The first kappa shape index (κ1) is 14.1. The van der Waals surface area contributed by atoms with Gasteiger partial charge in [-0.15, -0.1) is 0 Å². The van der Waals surface area contributed by atoms with Crippen LogP contribution in [-0.4, -0.2) is 36.1 Å². The normalized spacial score (nSPS) is 27.9. The van der Waals surface area contributed by atoms with Gasteiger partial charge >= 0.3 is 0 Å². The van der Waals surface area contributed by atoms with Gasteiger partial charge in [0.1, 0.15) is 0 Å². The molecule has 2 heteroatoms. The standard InChI is InChI=1S/C16H30N2/c1-13(2)7-10-18-12-16(8-5-6-9-16)17-11-15(18)14(3)4/h7,14-15,17H,5-6,8-12H2,1-4H3. The first-order chi connectivity index (χ1) is 8.52. The summed E-state index contributed by atoms with van der Waals surface area (Å²) >= 11 is 0. The molecule has 0 aromatic heterocycles. The molecule has 1 saturated heterocycles. The molecule has 1 aliphatic carbocycles. The second-order valence-electron chi connectivity index (χ2n) is 6.89. The zero-order chi connectivity index (χ0) is 13.2.